The van der Waals surface area contributed by atoms with Gasteiger partial charge in [0, 0.05) is 24.7 Å². The van der Waals surface area contributed by atoms with Crippen molar-refractivity contribution in [2.75, 3.05) is 25.1 Å². The molecule has 3 atom stereocenters. The van der Waals surface area contributed by atoms with E-state index in [4.69, 9.17) is 9.26 Å². The van der Waals surface area contributed by atoms with Crippen LogP contribution in [0.15, 0.2) is 28.8 Å². The van der Waals surface area contributed by atoms with E-state index >= 15 is 0 Å². The number of carbonyl (C=O) groups is 1. The largest absolute Gasteiger partial charge is 0.497 e. The highest BCUT2D eigenvalue weighted by Crippen LogP contribution is 2.45. The third-order valence-electron chi connectivity index (χ3n) is 6.71. The van der Waals surface area contributed by atoms with E-state index in [2.05, 4.69) is 15.4 Å². The zero-order valence-corrected chi connectivity index (χ0v) is 16.3. The standard InChI is InChI=1S/C22H27N3O3/c1-27-17-8-6-15(7-9-17)20-19(21(24-28-20)25-10-2-3-11-25)22(26)23-18-13-14-4-5-16(18)12-14/h6-9,14,16,18H,2-5,10-13H2,1H3,(H,23,26)/t14-,16+,18-/m1/s1. The van der Waals surface area contributed by atoms with Crippen LogP contribution in [-0.4, -0.2) is 37.3 Å². The number of anilines is 1. The summed E-state index contributed by atoms with van der Waals surface area (Å²) in [5.74, 6) is 3.38. The Balaban J connectivity index is 1.47. The lowest BCUT2D eigenvalue weighted by atomic mass is 9.95. The predicted molar refractivity (Wildman–Crippen MR) is 107 cm³/mol. The van der Waals surface area contributed by atoms with Gasteiger partial charge in [-0.2, -0.15) is 0 Å². The zero-order valence-electron chi connectivity index (χ0n) is 16.3. The third-order valence-corrected chi connectivity index (χ3v) is 6.71. The van der Waals surface area contributed by atoms with Crippen LogP contribution in [0.2, 0.25) is 0 Å². The number of hydrogen-bond acceptors (Lipinski definition) is 5. The summed E-state index contributed by atoms with van der Waals surface area (Å²) in [5, 5.41) is 7.64. The summed E-state index contributed by atoms with van der Waals surface area (Å²) >= 11 is 0. The minimum atomic E-state index is -0.0495. The lowest BCUT2D eigenvalue weighted by molar-refractivity contribution is 0.0923. The number of methoxy groups -OCH3 is 1. The van der Waals surface area contributed by atoms with Gasteiger partial charge in [0.1, 0.15) is 11.3 Å². The molecule has 0 radical (unpaired) electrons. The van der Waals surface area contributed by atoms with Crippen LogP contribution >= 0.6 is 0 Å². The number of fused-ring (bicyclic) bond motifs is 2. The molecule has 5 rings (SSSR count). The van der Waals surface area contributed by atoms with Crippen LogP contribution in [0.3, 0.4) is 0 Å². The van der Waals surface area contributed by atoms with Gasteiger partial charge in [-0.15, -0.1) is 0 Å². The molecule has 3 aliphatic rings. The van der Waals surface area contributed by atoms with Crippen molar-refractivity contribution in [3.05, 3.63) is 29.8 Å². The van der Waals surface area contributed by atoms with Crippen LogP contribution < -0.4 is 15.0 Å². The van der Waals surface area contributed by atoms with E-state index in [1.807, 2.05) is 24.3 Å². The number of nitrogens with zero attached hydrogens (tertiary/aromatic N) is 2. The van der Waals surface area contributed by atoms with Gasteiger partial charge >= 0.3 is 0 Å². The summed E-state index contributed by atoms with van der Waals surface area (Å²) in [4.78, 5) is 15.5. The monoisotopic (exact) mass is 381 g/mol. The van der Waals surface area contributed by atoms with Crippen molar-refractivity contribution < 1.29 is 14.1 Å². The molecule has 6 heteroatoms. The van der Waals surface area contributed by atoms with Gasteiger partial charge in [-0.1, -0.05) is 11.6 Å². The third kappa shape index (κ3) is 3.05. The van der Waals surface area contributed by atoms with E-state index in [0.29, 0.717) is 23.1 Å². The van der Waals surface area contributed by atoms with E-state index in [1.54, 1.807) is 7.11 Å². The van der Waals surface area contributed by atoms with Crippen molar-refractivity contribution in [2.45, 2.75) is 44.6 Å². The number of aromatic nitrogens is 1. The lowest BCUT2D eigenvalue weighted by Gasteiger charge is -2.23. The van der Waals surface area contributed by atoms with Gasteiger partial charge in [0.2, 0.25) is 0 Å². The maximum Gasteiger partial charge on any atom is 0.259 e. The molecule has 1 aromatic heterocycles. The highest BCUT2D eigenvalue weighted by molar-refractivity contribution is 6.04. The average molecular weight is 381 g/mol. The maximum absolute atomic E-state index is 13.4. The first kappa shape index (κ1) is 17.6. The zero-order chi connectivity index (χ0) is 19.1. The van der Waals surface area contributed by atoms with Crippen LogP contribution in [0.1, 0.15) is 48.9 Å². The minimum absolute atomic E-state index is 0.0495. The Morgan fingerprint density at radius 3 is 2.61 bits per heavy atom. The topological polar surface area (TPSA) is 67.6 Å². The number of ether oxygens (including phenoxy) is 1. The van der Waals surface area contributed by atoms with E-state index in [1.165, 1.54) is 19.3 Å². The SMILES string of the molecule is COc1ccc(-c2onc(N3CCCC3)c2C(=O)N[C@@H]2C[C@@H]3CC[C@H]2C3)cc1. The Bertz CT molecular complexity index is 854. The molecule has 1 saturated heterocycles. The molecule has 28 heavy (non-hydrogen) atoms. The molecule has 6 nitrogen and oxygen atoms in total. The van der Waals surface area contributed by atoms with Crippen LogP contribution in [-0.2, 0) is 0 Å². The quantitative estimate of drug-likeness (QED) is 0.852. The molecule has 1 aromatic carbocycles. The Labute approximate surface area is 165 Å². The summed E-state index contributed by atoms with van der Waals surface area (Å²) in [5.41, 5.74) is 1.42. The average Bonchev–Trinajstić information content (AvgIpc) is 3.51. The first-order chi connectivity index (χ1) is 13.7. The molecule has 2 aliphatic carbocycles. The maximum atomic E-state index is 13.4. The second-order valence-corrected chi connectivity index (χ2v) is 8.39. The summed E-state index contributed by atoms with van der Waals surface area (Å²) in [7, 11) is 1.64. The van der Waals surface area contributed by atoms with Gasteiger partial charge in [0.25, 0.3) is 5.91 Å². The molecule has 2 bridgehead atoms. The summed E-state index contributed by atoms with van der Waals surface area (Å²) < 4.78 is 11.0. The second kappa shape index (κ2) is 7.15. The highest BCUT2D eigenvalue weighted by atomic mass is 16.5. The van der Waals surface area contributed by atoms with Crippen LogP contribution in [0, 0.1) is 11.8 Å². The fraction of sp³-hybridized carbons (Fsp3) is 0.545. The van der Waals surface area contributed by atoms with Crippen molar-refractivity contribution in [1.29, 1.82) is 0 Å². The first-order valence-electron chi connectivity index (χ1n) is 10.4. The normalized spacial score (nSPS) is 26.0. The Hall–Kier alpha value is -2.50. The van der Waals surface area contributed by atoms with Crippen molar-refractivity contribution in [3.63, 3.8) is 0 Å². The molecule has 1 amide bonds. The highest BCUT2D eigenvalue weighted by Gasteiger charge is 2.41. The van der Waals surface area contributed by atoms with Gasteiger partial charge in [-0.3, -0.25) is 4.79 Å². The molecule has 2 heterocycles. The Morgan fingerprint density at radius 1 is 1.18 bits per heavy atom. The first-order valence-corrected chi connectivity index (χ1v) is 10.4. The van der Waals surface area contributed by atoms with Gasteiger partial charge < -0.3 is 19.5 Å². The van der Waals surface area contributed by atoms with Crippen LogP contribution in [0.4, 0.5) is 5.82 Å². The number of amides is 1. The van der Waals surface area contributed by atoms with Gasteiger partial charge in [-0.25, -0.2) is 0 Å². The number of benzene rings is 1. The van der Waals surface area contributed by atoms with Crippen molar-refractivity contribution in [2.24, 2.45) is 11.8 Å². The molecular weight excluding hydrogens is 354 g/mol. The molecule has 2 saturated carbocycles. The van der Waals surface area contributed by atoms with Crippen molar-refractivity contribution in [1.82, 2.24) is 10.5 Å². The molecule has 148 valence electrons. The van der Waals surface area contributed by atoms with E-state index < -0.39 is 0 Å². The van der Waals surface area contributed by atoms with Crippen molar-refractivity contribution in [3.8, 4) is 17.1 Å². The fourth-order valence-electron chi connectivity index (χ4n) is 5.23. The van der Waals surface area contributed by atoms with Crippen LogP contribution in [0.25, 0.3) is 11.3 Å². The second-order valence-electron chi connectivity index (χ2n) is 8.39. The Morgan fingerprint density at radius 2 is 1.96 bits per heavy atom. The summed E-state index contributed by atoms with van der Waals surface area (Å²) in [6, 6.07) is 7.88. The molecule has 2 aromatic rings. The van der Waals surface area contributed by atoms with Gasteiger partial charge in [-0.05, 0) is 68.2 Å². The van der Waals surface area contributed by atoms with Crippen molar-refractivity contribution >= 4 is 11.7 Å². The molecule has 0 unspecified atom stereocenters. The van der Waals surface area contributed by atoms with E-state index in [0.717, 1.165) is 49.6 Å². The number of hydrogen-bond donors (Lipinski definition) is 1. The van der Waals surface area contributed by atoms with E-state index in [9.17, 15) is 4.79 Å². The van der Waals surface area contributed by atoms with E-state index in [-0.39, 0.29) is 11.9 Å². The lowest BCUT2D eigenvalue weighted by Crippen LogP contribution is -2.39. The molecule has 0 spiro atoms. The van der Waals surface area contributed by atoms with Gasteiger partial charge in [0.05, 0.1) is 7.11 Å². The Kier molecular flexibility index (Phi) is 4.49. The molecule has 1 N–H and O–H groups in total. The molecular formula is C22H27N3O3. The van der Waals surface area contributed by atoms with Crippen LogP contribution in [0.5, 0.6) is 5.75 Å². The van der Waals surface area contributed by atoms with Gasteiger partial charge in [0.15, 0.2) is 11.6 Å². The number of nitrogens with one attached hydrogen (secondary N) is 1. The fourth-order valence-corrected chi connectivity index (χ4v) is 5.23. The number of carbonyl (C=O) groups excluding carboxylic acids is 1. The summed E-state index contributed by atoms with van der Waals surface area (Å²) in [6.07, 6.45) is 7.18. The minimum Gasteiger partial charge on any atom is -0.497 e. The predicted octanol–water partition coefficient (Wildman–Crippen LogP) is 3.87. The molecule has 3 fully saturated rings. The number of rotatable bonds is 5. The molecule has 1 aliphatic heterocycles. The summed E-state index contributed by atoms with van der Waals surface area (Å²) in [6.45, 7) is 1.84. The smallest absolute Gasteiger partial charge is 0.259 e.